The Labute approximate surface area is 133 Å². The zero-order valence-corrected chi connectivity index (χ0v) is 10.9. The lowest BCUT2D eigenvalue weighted by atomic mass is 10.4. The molecule has 0 bridgehead atoms. The number of hydrogen-bond acceptors (Lipinski definition) is 3. The summed E-state index contributed by atoms with van der Waals surface area (Å²) in [4.78, 5) is 12.8. The summed E-state index contributed by atoms with van der Waals surface area (Å²) in [6.07, 6.45) is 1.12. The van der Waals surface area contributed by atoms with Crippen LogP contribution in [0.2, 0.25) is 0 Å². The summed E-state index contributed by atoms with van der Waals surface area (Å²) >= 11 is 0. The first-order chi connectivity index (χ1) is 9.76. The van der Waals surface area contributed by atoms with E-state index < -0.39 is 0 Å². The number of amides is 1. The summed E-state index contributed by atoms with van der Waals surface area (Å²) in [5.74, 6) is -0.388. The lowest BCUT2D eigenvalue weighted by Crippen LogP contribution is -2.34. The van der Waals surface area contributed by atoms with E-state index in [4.69, 9.17) is 10.2 Å². The van der Waals surface area contributed by atoms with Crippen molar-refractivity contribution in [3.8, 4) is 0 Å². The predicted molar refractivity (Wildman–Crippen MR) is 95.8 cm³/mol. The van der Waals surface area contributed by atoms with Crippen molar-refractivity contribution in [3.63, 3.8) is 0 Å². The first-order valence-corrected chi connectivity index (χ1v) is 5.62. The van der Waals surface area contributed by atoms with E-state index in [2.05, 4.69) is 58.2 Å². The smallest absolute Gasteiger partial charge is 0.255 e. The van der Waals surface area contributed by atoms with Gasteiger partial charge >= 0.3 is 0 Å². The molecule has 122 valence electrons. The molecular weight excluding hydrogens is 254 g/mol. The molecule has 0 saturated carbocycles. The molecule has 0 aliphatic carbocycles. The Morgan fingerprint density at radius 3 is 2.00 bits per heavy atom. The van der Waals surface area contributed by atoms with Crippen LogP contribution in [0.15, 0.2) is 64.2 Å². The molecule has 0 aromatic carbocycles. The van der Waals surface area contributed by atoms with Gasteiger partial charge in [-0.1, -0.05) is 11.5 Å². The number of rotatable bonds is 5. The van der Waals surface area contributed by atoms with Gasteiger partial charge in [-0.3, -0.25) is 4.79 Å². The molecular formula is C16H35NO3. The minimum Gasteiger partial charge on any atom is -0.395 e. The monoisotopic (exact) mass is 289 g/mol. The standard InChI is InChI=1S/C16H13NO3.11H2/c1-2-3-4-5-6-7-8-9-10-11-16(20)17(12-14-18)13-15-19;;;;;;;;;;;/h11,18-19H,1,12-15H2;11*1H. The summed E-state index contributed by atoms with van der Waals surface area (Å²) in [7, 11) is 0. The Bertz CT molecular complexity index is 686. The van der Waals surface area contributed by atoms with Crippen molar-refractivity contribution in [1.29, 1.82) is 0 Å². The molecule has 0 spiro atoms. The van der Waals surface area contributed by atoms with Gasteiger partial charge in [-0.25, -0.2) is 0 Å². The number of aliphatic hydroxyl groups excluding tert-OH is 2. The highest BCUT2D eigenvalue weighted by molar-refractivity contribution is 5.87. The zero-order chi connectivity index (χ0) is 15.1. The van der Waals surface area contributed by atoms with Crippen LogP contribution in [0.5, 0.6) is 0 Å². The fourth-order valence-electron chi connectivity index (χ4n) is 0.999. The molecule has 1 amide bonds. The highest BCUT2D eigenvalue weighted by Crippen LogP contribution is 1.89. The summed E-state index contributed by atoms with van der Waals surface area (Å²) in [6.45, 7) is 3.22. The van der Waals surface area contributed by atoms with E-state index in [9.17, 15) is 4.79 Å². The lowest BCUT2D eigenvalue weighted by molar-refractivity contribution is -0.127. The molecule has 0 saturated heterocycles. The second kappa shape index (κ2) is 12.6. The van der Waals surface area contributed by atoms with E-state index in [0.29, 0.717) is 0 Å². The fourth-order valence-corrected chi connectivity index (χ4v) is 0.999. The molecule has 0 aromatic heterocycles. The number of carbonyl (C=O) groups excluding carboxylic acids is 1. The predicted octanol–water partition coefficient (Wildman–Crippen LogP) is 3.09. The topological polar surface area (TPSA) is 60.8 Å². The highest BCUT2D eigenvalue weighted by atomic mass is 16.3. The van der Waals surface area contributed by atoms with Crippen molar-refractivity contribution in [1.82, 2.24) is 4.90 Å². The first kappa shape index (κ1) is 17.2. The Hall–Kier alpha value is -2.85. The molecule has 0 atom stereocenters. The SMILES string of the molecule is C=C=C=C=C=C=C=C=C=C=CC(=O)N(CCO)CCO.[HH].[HH].[HH].[HH].[HH].[HH].[HH].[HH].[HH].[HH].[HH]. The molecule has 0 heterocycles. The molecule has 0 aliphatic rings. The van der Waals surface area contributed by atoms with E-state index in [1.165, 1.54) is 4.90 Å². The summed E-state index contributed by atoms with van der Waals surface area (Å²) in [5, 5.41) is 17.5. The van der Waals surface area contributed by atoms with Crippen molar-refractivity contribution in [2.75, 3.05) is 26.3 Å². The van der Waals surface area contributed by atoms with Gasteiger partial charge in [-0.2, -0.15) is 0 Å². The van der Waals surface area contributed by atoms with Gasteiger partial charge < -0.3 is 15.1 Å². The molecule has 20 heavy (non-hydrogen) atoms. The fraction of sp³-hybridized carbons (Fsp3) is 0.250. The van der Waals surface area contributed by atoms with Gasteiger partial charge in [0.25, 0.3) is 5.91 Å². The number of carbonyl (C=O) groups is 1. The third kappa shape index (κ3) is 9.21. The molecule has 0 aromatic rings. The maximum Gasteiger partial charge on any atom is 0.255 e. The molecule has 4 nitrogen and oxygen atoms in total. The van der Waals surface area contributed by atoms with Crippen LogP contribution < -0.4 is 0 Å². The van der Waals surface area contributed by atoms with Crippen LogP contribution in [0.25, 0.3) is 0 Å². The number of nitrogens with zero attached hydrogens (tertiary/aromatic N) is 1. The molecule has 0 fully saturated rings. The molecule has 4 heteroatoms. The summed E-state index contributed by atoms with van der Waals surface area (Å²) in [6, 6.07) is 0. The quantitative estimate of drug-likeness (QED) is 0.604. The minimum absolute atomic E-state index is 0. The number of aliphatic hydroxyl groups is 2. The van der Waals surface area contributed by atoms with E-state index in [-0.39, 0.29) is 47.9 Å². The third-order valence-corrected chi connectivity index (χ3v) is 1.78. The number of hydrogen-bond donors (Lipinski definition) is 2. The normalized spacial score (nSPS) is 6.90. The van der Waals surface area contributed by atoms with Crippen LogP contribution in [0, 0.1) is 0 Å². The Balaban J connectivity index is -0.0000000328. The average Bonchev–Trinajstić information content (AvgIpc) is 2.45. The Morgan fingerprint density at radius 2 is 1.50 bits per heavy atom. The molecule has 0 aliphatic heterocycles. The Kier molecular flexibility index (Phi) is 10.8. The van der Waals surface area contributed by atoms with Crippen molar-refractivity contribution in [2.45, 2.75) is 0 Å². The van der Waals surface area contributed by atoms with Crippen LogP contribution in [0.4, 0.5) is 0 Å². The average molecular weight is 289 g/mol. The minimum atomic E-state index is -0.388. The van der Waals surface area contributed by atoms with Crippen molar-refractivity contribution in [2.24, 2.45) is 0 Å². The summed E-state index contributed by atoms with van der Waals surface area (Å²) < 4.78 is 0. The van der Waals surface area contributed by atoms with Gasteiger partial charge in [0.2, 0.25) is 0 Å². The van der Waals surface area contributed by atoms with E-state index in [0.717, 1.165) is 6.08 Å². The van der Waals surface area contributed by atoms with Crippen LogP contribution in [-0.2, 0) is 4.79 Å². The van der Waals surface area contributed by atoms with Gasteiger partial charge in [0.1, 0.15) is 0 Å². The van der Waals surface area contributed by atoms with Crippen molar-refractivity contribution in [3.05, 3.63) is 64.2 Å². The largest absolute Gasteiger partial charge is 0.395 e. The van der Waals surface area contributed by atoms with E-state index in [1.807, 2.05) is 0 Å². The van der Waals surface area contributed by atoms with Gasteiger partial charge in [0.05, 0.1) is 19.3 Å². The van der Waals surface area contributed by atoms with Crippen LogP contribution in [-0.4, -0.2) is 47.3 Å². The van der Waals surface area contributed by atoms with E-state index in [1.54, 1.807) is 0 Å². The molecule has 0 rings (SSSR count). The highest BCUT2D eigenvalue weighted by Gasteiger charge is 2.07. The maximum atomic E-state index is 11.6. The second-order valence-corrected chi connectivity index (χ2v) is 3.11. The van der Waals surface area contributed by atoms with Crippen LogP contribution in [0.1, 0.15) is 15.7 Å². The molecule has 0 unspecified atom stereocenters. The first-order valence-electron chi connectivity index (χ1n) is 5.62. The third-order valence-electron chi connectivity index (χ3n) is 1.78. The van der Waals surface area contributed by atoms with Gasteiger partial charge in [-0.05, 0) is 46.7 Å². The molecule has 0 radical (unpaired) electrons. The summed E-state index contributed by atoms with van der Waals surface area (Å²) in [5.41, 5.74) is 21.8. The zero-order valence-electron chi connectivity index (χ0n) is 10.9. The van der Waals surface area contributed by atoms with Crippen molar-refractivity contribution < 1.29 is 30.7 Å². The van der Waals surface area contributed by atoms with Crippen LogP contribution in [0.3, 0.4) is 0 Å². The van der Waals surface area contributed by atoms with Gasteiger partial charge in [-0.15, -0.1) is 0 Å². The van der Waals surface area contributed by atoms with Gasteiger partial charge in [0, 0.05) is 28.8 Å². The van der Waals surface area contributed by atoms with E-state index >= 15 is 0 Å². The van der Waals surface area contributed by atoms with Gasteiger partial charge in [0.15, 0.2) is 0 Å². The second-order valence-electron chi connectivity index (χ2n) is 3.11. The Morgan fingerprint density at radius 1 is 1.00 bits per heavy atom. The lowest BCUT2D eigenvalue weighted by Gasteiger charge is -2.17. The van der Waals surface area contributed by atoms with Crippen molar-refractivity contribution >= 4 is 5.91 Å². The van der Waals surface area contributed by atoms with Crippen LogP contribution >= 0.6 is 0 Å². The molecule has 2 N–H and O–H groups in total. The maximum absolute atomic E-state index is 11.6.